The smallest absolute Gasteiger partial charge is 0.254 e. The predicted molar refractivity (Wildman–Crippen MR) is 129 cm³/mol. The van der Waals surface area contributed by atoms with Crippen molar-refractivity contribution in [2.24, 2.45) is 11.1 Å². The minimum atomic E-state index is -0.215. The van der Waals surface area contributed by atoms with Crippen LogP contribution in [0.25, 0.3) is 0 Å². The molecule has 2 aromatic rings. The molecule has 1 aromatic heterocycles. The average molecular weight is 492 g/mol. The minimum Gasteiger partial charge on any atom is -0.390 e. The van der Waals surface area contributed by atoms with E-state index in [-0.39, 0.29) is 24.0 Å². The average Bonchev–Trinajstić information content (AvgIpc) is 3.15. The molecule has 3 heterocycles. The van der Waals surface area contributed by atoms with Crippen LogP contribution in [0.4, 0.5) is 5.82 Å². The highest BCUT2D eigenvalue weighted by atomic mass is 35.5. The Balaban J connectivity index is 1.57. The molecule has 0 bridgehead atoms. The van der Waals surface area contributed by atoms with Crippen molar-refractivity contribution in [2.45, 2.75) is 42.3 Å². The summed E-state index contributed by atoms with van der Waals surface area (Å²) in [4.78, 5) is 26.3. The summed E-state index contributed by atoms with van der Waals surface area (Å²) in [6.07, 6.45) is 1.86. The lowest BCUT2D eigenvalue weighted by molar-refractivity contribution is 0.0827. The molecule has 4 rings (SSSR count). The van der Waals surface area contributed by atoms with Crippen molar-refractivity contribution in [1.82, 2.24) is 14.9 Å². The second-order valence-electron chi connectivity index (χ2n) is 8.93. The van der Waals surface area contributed by atoms with Crippen LogP contribution in [0.5, 0.6) is 0 Å². The van der Waals surface area contributed by atoms with E-state index in [1.165, 1.54) is 16.7 Å². The molecule has 1 atom stereocenters. The first-order chi connectivity index (χ1) is 15.8. The third kappa shape index (κ3) is 4.70. The van der Waals surface area contributed by atoms with E-state index in [1.807, 2.05) is 13.0 Å². The van der Waals surface area contributed by atoms with E-state index in [0.717, 1.165) is 31.6 Å². The normalized spacial score (nSPS) is 19.8. The first-order valence-electron chi connectivity index (χ1n) is 11.0. The standard InChI is InChI=1S/C23H30ClN5O3S/c1-14-21(33-17-6-4-5-15(19(17)24)22(31)28(2)3)27-16(11-30)20(26-14)29-9-7-23(8-10-29)13-32-12-18(23)25/h4-6,18,30H,7-13,25H2,1-3H3/t18-/m1/s1. The number of hydrogen-bond donors (Lipinski definition) is 2. The molecular weight excluding hydrogens is 462 g/mol. The molecule has 1 amide bonds. The van der Waals surface area contributed by atoms with Crippen LogP contribution in [0.2, 0.25) is 5.02 Å². The van der Waals surface area contributed by atoms with Crippen molar-refractivity contribution >= 4 is 35.1 Å². The Morgan fingerprint density at radius 3 is 2.70 bits per heavy atom. The summed E-state index contributed by atoms with van der Waals surface area (Å²) in [5.41, 5.74) is 8.06. The summed E-state index contributed by atoms with van der Waals surface area (Å²) in [7, 11) is 3.38. The third-order valence-electron chi connectivity index (χ3n) is 6.57. The second kappa shape index (κ2) is 9.76. The zero-order valence-electron chi connectivity index (χ0n) is 19.2. The highest BCUT2D eigenvalue weighted by Crippen LogP contribution is 2.41. The quantitative estimate of drug-likeness (QED) is 0.657. The van der Waals surface area contributed by atoms with Gasteiger partial charge >= 0.3 is 0 Å². The Hall–Kier alpha value is -1.91. The van der Waals surface area contributed by atoms with Crippen LogP contribution >= 0.6 is 23.4 Å². The van der Waals surface area contributed by atoms with Gasteiger partial charge in [0.15, 0.2) is 5.82 Å². The molecule has 2 fully saturated rings. The van der Waals surface area contributed by atoms with Crippen molar-refractivity contribution in [1.29, 1.82) is 0 Å². The number of ether oxygens (including phenoxy) is 1. The molecule has 1 aromatic carbocycles. The number of amides is 1. The number of nitrogens with two attached hydrogens (primary N) is 1. The molecule has 2 aliphatic heterocycles. The molecule has 8 nitrogen and oxygen atoms in total. The zero-order chi connectivity index (χ0) is 23.8. The number of halogens is 1. The van der Waals surface area contributed by atoms with Gasteiger partial charge in [-0.15, -0.1) is 0 Å². The molecule has 10 heteroatoms. The van der Waals surface area contributed by atoms with Crippen LogP contribution in [0, 0.1) is 12.3 Å². The Morgan fingerprint density at radius 2 is 2.09 bits per heavy atom. The predicted octanol–water partition coefficient (Wildman–Crippen LogP) is 2.73. The number of piperidine rings is 1. The fraction of sp³-hybridized carbons (Fsp3) is 0.522. The third-order valence-corrected chi connectivity index (χ3v) is 8.23. The van der Waals surface area contributed by atoms with Gasteiger partial charge in [-0.2, -0.15) is 0 Å². The minimum absolute atomic E-state index is 0.0416. The van der Waals surface area contributed by atoms with E-state index < -0.39 is 0 Å². The van der Waals surface area contributed by atoms with E-state index in [0.29, 0.717) is 45.2 Å². The number of benzene rings is 1. The summed E-state index contributed by atoms with van der Waals surface area (Å²) >= 11 is 7.90. The highest BCUT2D eigenvalue weighted by Gasteiger charge is 2.44. The number of rotatable bonds is 5. The van der Waals surface area contributed by atoms with Crippen LogP contribution < -0.4 is 10.6 Å². The van der Waals surface area contributed by atoms with Gasteiger partial charge in [0, 0.05) is 43.5 Å². The Labute approximate surface area is 203 Å². The van der Waals surface area contributed by atoms with Gasteiger partial charge in [0.1, 0.15) is 10.7 Å². The number of aliphatic hydroxyl groups is 1. The van der Waals surface area contributed by atoms with Gasteiger partial charge in [-0.25, -0.2) is 9.97 Å². The zero-order valence-corrected chi connectivity index (χ0v) is 20.7. The van der Waals surface area contributed by atoms with Gasteiger partial charge in [-0.3, -0.25) is 4.79 Å². The first kappa shape index (κ1) is 24.2. The van der Waals surface area contributed by atoms with Crippen molar-refractivity contribution in [3.05, 3.63) is 40.2 Å². The number of aryl methyl sites for hydroxylation is 1. The second-order valence-corrected chi connectivity index (χ2v) is 10.3. The van der Waals surface area contributed by atoms with Crippen molar-refractivity contribution in [2.75, 3.05) is 45.3 Å². The maximum atomic E-state index is 12.4. The molecule has 1 spiro atoms. The molecule has 178 valence electrons. The van der Waals surface area contributed by atoms with Crippen LogP contribution in [-0.2, 0) is 11.3 Å². The van der Waals surface area contributed by atoms with Gasteiger partial charge in [-0.05, 0) is 31.9 Å². The molecule has 0 unspecified atom stereocenters. The van der Waals surface area contributed by atoms with Gasteiger partial charge in [0.2, 0.25) is 0 Å². The lowest BCUT2D eigenvalue weighted by Gasteiger charge is -2.41. The number of hydrogen-bond acceptors (Lipinski definition) is 8. The Kier molecular flexibility index (Phi) is 7.16. The largest absolute Gasteiger partial charge is 0.390 e. The molecular formula is C23H30ClN5O3S. The molecule has 0 radical (unpaired) electrons. The van der Waals surface area contributed by atoms with Crippen molar-refractivity contribution in [3.8, 4) is 0 Å². The van der Waals surface area contributed by atoms with Crippen molar-refractivity contribution in [3.63, 3.8) is 0 Å². The number of aromatic nitrogens is 2. The van der Waals surface area contributed by atoms with E-state index in [9.17, 15) is 9.90 Å². The van der Waals surface area contributed by atoms with Gasteiger partial charge in [-0.1, -0.05) is 29.4 Å². The molecule has 33 heavy (non-hydrogen) atoms. The first-order valence-corrected chi connectivity index (χ1v) is 12.2. The van der Waals surface area contributed by atoms with E-state index in [2.05, 4.69) is 4.90 Å². The van der Waals surface area contributed by atoms with E-state index in [4.69, 9.17) is 32.0 Å². The van der Waals surface area contributed by atoms with Crippen LogP contribution in [0.15, 0.2) is 28.1 Å². The van der Waals surface area contributed by atoms with Crippen LogP contribution in [0.3, 0.4) is 0 Å². The molecule has 3 N–H and O–H groups in total. The number of carbonyl (C=O) groups excluding carboxylic acids is 1. The lowest BCUT2D eigenvalue weighted by atomic mass is 9.75. The summed E-state index contributed by atoms with van der Waals surface area (Å²) in [5.74, 6) is 0.552. The lowest BCUT2D eigenvalue weighted by Crippen LogP contribution is -2.49. The van der Waals surface area contributed by atoms with Gasteiger partial charge in [0.25, 0.3) is 5.91 Å². The van der Waals surface area contributed by atoms with Gasteiger partial charge < -0.3 is 25.4 Å². The fourth-order valence-corrected chi connectivity index (χ4v) is 5.66. The van der Waals surface area contributed by atoms with Crippen LogP contribution in [0.1, 0.15) is 34.6 Å². The van der Waals surface area contributed by atoms with Crippen molar-refractivity contribution < 1.29 is 14.6 Å². The highest BCUT2D eigenvalue weighted by molar-refractivity contribution is 7.99. The SMILES string of the molecule is Cc1nc(N2CCC3(CC2)COC[C@H]3N)c(CO)nc1Sc1cccc(C(=O)N(C)C)c1Cl. The van der Waals surface area contributed by atoms with Gasteiger partial charge in [0.05, 0.1) is 36.1 Å². The number of aliphatic hydroxyl groups excluding tert-OH is 1. The summed E-state index contributed by atoms with van der Waals surface area (Å²) < 4.78 is 5.62. The monoisotopic (exact) mass is 491 g/mol. The molecule has 0 aliphatic carbocycles. The Morgan fingerprint density at radius 1 is 1.36 bits per heavy atom. The summed E-state index contributed by atoms with van der Waals surface area (Å²) in [6.45, 7) is 4.61. The molecule has 0 saturated carbocycles. The van der Waals surface area contributed by atoms with E-state index >= 15 is 0 Å². The number of anilines is 1. The fourth-order valence-electron chi connectivity index (χ4n) is 4.43. The molecule has 2 saturated heterocycles. The topological polar surface area (TPSA) is 105 Å². The Bertz CT molecular complexity index is 1040. The maximum Gasteiger partial charge on any atom is 0.254 e. The number of carbonyl (C=O) groups is 1. The number of nitrogens with zero attached hydrogens (tertiary/aromatic N) is 4. The maximum absolute atomic E-state index is 12.4. The molecule has 2 aliphatic rings. The van der Waals surface area contributed by atoms with Crippen LogP contribution in [-0.4, -0.2) is 72.3 Å². The van der Waals surface area contributed by atoms with E-state index in [1.54, 1.807) is 26.2 Å². The summed E-state index contributed by atoms with van der Waals surface area (Å²) in [6, 6.07) is 5.43. The summed E-state index contributed by atoms with van der Waals surface area (Å²) in [5, 5.41) is 11.1.